The Bertz CT molecular complexity index is 477. The van der Waals surface area contributed by atoms with Gasteiger partial charge in [-0.25, -0.2) is 0 Å². The lowest BCUT2D eigenvalue weighted by Crippen LogP contribution is -2.44. The van der Waals surface area contributed by atoms with Crippen LogP contribution in [0, 0.1) is 0 Å². The Hall–Kier alpha value is -1.88. The zero-order chi connectivity index (χ0) is 11.5. The van der Waals surface area contributed by atoms with E-state index in [-0.39, 0.29) is 7.43 Å². The van der Waals surface area contributed by atoms with E-state index in [1.165, 1.54) is 0 Å². The molecule has 18 heavy (non-hydrogen) atoms. The highest BCUT2D eigenvalue weighted by molar-refractivity contribution is 5.54. The molecule has 0 amide bonds. The van der Waals surface area contributed by atoms with Crippen molar-refractivity contribution >= 4 is 5.95 Å². The monoisotopic (exact) mass is 246 g/mol. The second-order valence-electron chi connectivity index (χ2n) is 4.00. The van der Waals surface area contributed by atoms with Gasteiger partial charge in [-0.15, -0.1) is 0 Å². The topological polar surface area (TPSA) is 54.2 Å². The van der Waals surface area contributed by atoms with Crippen molar-refractivity contribution in [2.75, 3.05) is 31.1 Å². The second-order valence-corrected chi connectivity index (χ2v) is 4.00. The fourth-order valence-corrected chi connectivity index (χ4v) is 1.91. The smallest absolute Gasteiger partial charge is 0.266 e. The Labute approximate surface area is 107 Å². The van der Waals surface area contributed by atoms with E-state index in [1.807, 2.05) is 30.3 Å². The van der Waals surface area contributed by atoms with Crippen LogP contribution in [0.15, 0.2) is 34.9 Å². The summed E-state index contributed by atoms with van der Waals surface area (Å²) in [6.07, 6.45) is 0. The van der Waals surface area contributed by atoms with Crippen LogP contribution >= 0.6 is 0 Å². The van der Waals surface area contributed by atoms with Crippen molar-refractivity contribution in [2.24, 2.45) is 0 Å². The van der Waals surface area contributed by atoms with Crippen molar-refractivity contribution in [3.8, 4) is 11.5 Å². The predicted molar refractivity (Wildman–Crippen MR) is 71.5 cm³/mol. The van der Waals surface area contributed by atoms with Crippen molar-refractivity contribution in [1.82, 2.24) is 15.5 Å². The molecule has 1 saturated heterocycles. The fraction of sp³-hybridized carbons (Fsp3) is 0.385. The second kappa shape index (κ2) is 5.64. The third-order valence-corrected chi connectivity index (χ3v) is 2.84. The average Bonchev–Trinajstić information content (AvgIpc) is 2.90. The molecule has 96 valence electrons. The first kappa shape index (κ1) is 12.6. The molecule has 0 spiro atoms. The zero-order valence-corrected chi connectivity index (χ0v) is 9.47. The molecule has 2 heterocycles. The van der Waals surface area contributed by atoms with Gasteiger partial charge in [0.2, 0.25) is 0 Å². The SMILES string of the molecule is C.c1ccc(-c2nc(N3CCNCC3)no2)cc1. The molecule has 0 bridgehead atoms. The Morgan fingerprint density at radius 1 is 1.11 bits per heavy atom. The van der Waals surface area contributed by atoms with Crippen LogP contribution in [0.3, 0.4) is 0 Å². The van der Waals surface area contributed by atoms with E-state index >= 15 is 0 Å². The van der Waals surface area contributed by atoms with Crippen LogP contribution in [0.2, 0.25) is 0 Å². The molecule has 1 aromatic heterocycles. The maximum atomic E-state index is 5.28. The number of anilines is 1. The molecule has 0 radical (unpaired) electrons. The van der Waals surface area contributed by atoms with Crippen molar-refractivity contribution < 1.29 is 4.52 Å². The number of nitrogens with one attached hydrogen (secondary N) is 1. The molecule has 0 saturated carbocycles. The van der Waals surface area contributed by atoms with E-state index in [1.54, 1.807) is 0 Å². The highest BCUT2D eigenvalue weighted by atomic mass is 16.5. The fourth-order valence-electron chi connectivity index (χ4n) is 1.91. The molecule has 3 rings (SSSR count). The van der Waals surface area contributed by atoms with Gasteiger partial charge in [-0.2, -0.15) is 4.98 Å². The summed E-state index contributed by atoms with van der Waals surface area (Å²) < 4.78 is 5.28. The molecular formula is C13H18N4O. The van der Waals surface area contributed by atoms with Gasteiger partial charge in [-0.05, 0) is 17.3 Å². The van der Waals surface area contributed by atoms with E-state index < -0.39 is 0 Å². The van der Waals surface area contributed by atoms with Gasteiger partial charge in [0, 0.05) is 31.7 Å². The third kappa shape index (κ3) is 2.51. The third-order valence-electron chi connectivity index (χ3n) is 2.84. The molecule has 0 aliphatic carbocycles. The lowest BCUT2D eigenvalue weighted by molar-refractivity contribution is 0.427. The van der Waals surface area contributed by atoms with Crippen LogP contribution in [0.1, 0.15) is 7.43 Å². The predicted octanol–water partition coefficient (Wildman–Crippen LogP) is 1.78. The summed E-state index contributed by atoms with van der Waals surface area (Å²) in [5.74, 6) is 1.27. The van der Waals surface area contributed by atoms with Gasteiger partial charge in [0.15, 0.2) is 0 Å². The first-order chi connectivity index (χ1) is 8.43. The number of hydrogen-bond acceptors (Lipinski definition) is 5. The average molecular weight is 246 g/mol. The minimum absolute atomic E-state index is 0. The summed E-state index contributed by atoms with van der Waals surface area (Å²) in [5.41, 5.74) is 0.960. The zero-order valence-electron chi connectivity index (χ0n) is 9.47. The molecule has 5 heteroatoms. The summed E-state index contributed by atoms with van der Waals surface area (Å²) in [7, 11) is 0. The van der Waals surface area contributed by atoms with E-state index in [9.17, 15) is 0 Å². The van der Waals surface area contributed by atoms with Gasteiger partial charge >= 0.3 is 0 Å². The Balaban J connectivity index is 0.00000120. The molecule has 1 fully saturated rings. The summed E-state index contributed by atoms with van der Waals surface area (Å²) >= 11 is 0. The number of aromatic nitrogens is 2. The van der Waals surface area contributed by atoms with E-state index in [4.69, 9.17) is 4.52 Å². The maximum Gasteiger partial charge on any atom is 0.266 e. The normalized spacial score (nSPS) is 15.2. The molecule has 2 aromatic rings. The van der Waals surface area contributed by atoms with E-state index in [0.29, 0.717) is 11.8 Å². The van der Waals surface area contributed by atoms with Crippen LogP contribution in [0.25, 0.3) is 11.5 Å². The lowest BCUT2D eigenvalue weighted by Gasteiger charge is -2.25. The van der Waals surface area contributed by atoms with Crippen LogP contribution in [-0.4, -0.2) is 36.3 Å². The van der Waals surface area contributed by atoms with Crippen LogP contribution in [-0.2, 0) is 0 Å². The van der Waals surface area contributed by atoms with E-state index in [0.717, 1.165) is 31.7 Å². The van der Waals surface area contributed by atoms with Crippen LogP contribution < -0.4 is 10.2 Å². The molecule has 0 unspecified atom stereocenters. The molecule has 1 aromatic carbocycles. The lowest BCUT2D eigenvalue weighted by atomic mass is 10.2. The molecule has 0 atom stereocenters. The summed E-state index contributed by atoms with van der Waals surface area (Å²) in [6, 6.07) is 9.83. The number of piperazine rings is 1. The minimum Gasteiger partial charge on any atom is -0.336 e. The number of nitrogens with zero attached hydrogens (tertiary/aromatic N) is 3. The van der Waals surface area contributed by atoms with Gasteiger partial charge in [0.25, 0.3) is 11.8 Å². The first-order valence-corrected chi connectivity index (χ1v) is 5.78. The van der Waals surface area contributed by atoms with Crippen molar-refractivity contribution in [1.29, 1.82) is 0 Å². The summed E-state index contributed by atoms with van der Waals surface area (Å²) in [4.78, 5) is 6.56. The molecule has 5 nitrogen and oxygen atoms in total. The van der Waals surface area contributed by atoms with Crippen molar-refractivity contribution in [3.63, 3.8) is 0 Å². The highest BCUT2D eigenvalue weighted by Gasteiger charge is 2.16. The first-order valence-electron chi connectivity index (χ1n) is 5.78. The molecular weight excluding hydrogens is 228 g/mol. The van der Waals surface area contributed by atoms with Crippen LogP contribution in [0.4, 0.5) is 5.95 Å². The van der Waals surface area contributed by atoms with Gasteiger partial charge in [0.05, 0.1) is 0 Å². The number of hydrogen-bond donors (Lipinski definition) is 1. The quantitative estimate of drug-likeness (QED) is 0.875. The number of rotatable bonds is 2. The highest BCUT2D eigenvalue weighted by Crippen LogP contribution is 2.19. The van der Waals surface area contributed by atoms with Crippen molar-refractivity contribution in [3.05, 3.63) is 30.3 Å². The largest absolute Gasteiger partial charge is 0.336 e. The summed E-state index contributed by atoms with van der Waals surface area (Å²) in [6.45, 7) is 3.78. The Kier molecular flexibility index (Phi) is 3.94. The van der Waals surface area contributed by atoms with E-state index in [2.05, 4.69) is 20.4 Å². The maximum absolute atomic E-state index is 5.28. The van der Waals surface area contributed by atoms with Gasteiger partial charge in [-0.3, -0.25) is 0 Å². The van der Waals surface area contributed by atoms with Crippen molar-refractivity contribution in [2.45, 2.75) is 7.43 Å². The molecule has 1 aliphatic rings. The van der Waals surface area contributed by atoms with Crippen LogP contribution in [0.5, 0.6) is 0 Å². The van der Waals surface area contributed by atoms with Gasteiger partial charge in [-0.1, -0.05) is 25.6 Å². The minimum atomic E-state index is 0. The summed E-state index contributed by atoms with van der Waals surface area (Å²) in [5, 5.41) is 7.32. The Morgan fingerprint density at radius 3 is 2.56 bits per heavy atom. The number of benzene rings is 1. The standard InChI is InChI=1S/C12H14N4O.CH4/c1-2-4-10(5-3-1)11-14-12(15-17-11)16-8-6-13-7-9-16;/h1-5,13H,6-9H2;1H4. The molecule has 1 N–H and O–H groups in total. The Morgan fingerprint density at radius 2 is 1.83 bits per heavy atom. The van der Waals surface area contributed by atoms with Gasteiger partial charge in [0.1, 0.15) is 0 Å². The molecule has 1 aliphatic heterocycles. The van der Waals surface area contributed by atoms with Gasteiger partial charge < -0.3 is 14.7 Å².